The van der Waals surface area contributed by atoms with Gasteiger partial charge < -0.3 is 9.80 Å². The summed E-state index contributed by atoms with van der Waals surface area (Å²) in [4.78, 5) is 30.2. The van der Waals surface area contributed by atoms with Crippen molar-refractivity contribution in [1.29, 1.82) is 0 Å². The van der Waals surface area contributed by atoms with E-state index >= 15 is 0 Å². The molecule has 0 spiro atoms. The molecule has 1 aromatic carbocycles. The lowest BCUT2D eigenvalue weighted by atomic mass is 10.2. The van der Waals surface area contributed by atoms with Crippen LogP contribution in [0.2, 0.25) is 0 Å². The SMILES string of the molecule is CC[NH+]1CCN(C2=C(Cl)C(=O)N(c3ccc(I)cc3C)C2=O)CC1. The Hall–Kier alpha value is -1.12. The molecular weight excluding hydrogens is 441 g/mol. The highest BCUT2D eigenvalue weighted by atomic mass is 127. The molecule has 5 nitrogen and oxygen atoms in total. The van der Waals surface area contributed by atoms with Crippen molar-refractivity contribution in [2.24, 2.45) is 0 Å². The summed E-state index contributed by atoms with van der Waals surface area (Å²) < 4.78 is 1.06. The fraction of sp³-hybridized carbons (Fsp3) is 0.412. The molecule has 1 saturated heterocycles. The second-order valence-corrected chi connectivity index (χ2v) is 7.75. The first-order valence-corrected chi connectivity index (χ1v) is 9.53. The molecule has 0 aromatic heterocycles. The maximum absolute atomic E-state index is 12.9. The second kappa shape index (κ2) is 7.01. The number of anilines is 1. The lowest BCUT2D eigenvalue weighted by Crippen LogP contribution is -3.14. The molecule has 2 heterocycles. The highest BCUT2D eigenvalue weighted by molar-refractivity contribution is 14.1. The van der Waals surface area contributed by atoms with Crippen LogP contribution in [0.15, 0.2) is 28.9 Å². The van der Waals surface area contributed by atoms with E-state index in [-0.39, 0.29) is 10.9 Å². The molecule has 1 N–H and O–H groups in total. The van der Waals surface area contributed by atoms with Gasteiger partial charge in [-0.3, -0.25) is 9.59 Å². The van der Waals surface area contributed by atoms with E-state index in [9.17, 15) is 9.59 Å². The van der Waals surface area contributed by atoms with Gasteiger partial charge in [-0.2, -0.15) is 0 Å². The van der Waals surface area contributed by atoms with Gasteiger partial charge in [-0.15, -0.1) is 0 Å². The highest BCUT2D eigenvalue weighted by Crippen LogP contribution is 2.33. The number of hydrogen-bond acceptors (Lipinski definition) is 3. The molecule has 2 aliphatic heterocycles. The minimum absolute atomic E-state index is 0.0397. The molecule has 128 valence electrons. The Bertz CT molecular complexity index is 727. The molecule has 1 aromatic rings. The molecule has 2 amide bonds. The summed E-state index contributed by atoms with van der Waals surface area (Å²) in [6, 6.07) is 5.64. The van der Waals surface area contributed by atoms with Gasteiger partial charge in [0.1, 0.15) is 10.7 Å². The van der Waals surface area contributed by atoms with Crippen molar-refractivity contribution in [2.75, 3.05) is 37.6 Å². The first-order valence-electron chi connectivity index (χ1n) is 8.07. The Labute approximate surface area is 160 Å². The summed E-state index contributed by atoms with van der Waals surface area (Å²) in [5.74, 6) is -0.736. The van der Waals surface area contributed by atoms with E-state index in [1.54, 1.807) is 6.07 Å². The average molecular weight is 461 g/mol. The number of carbonyl (C=O) groups is 2. The van der Waals surface area contributed by atoms with Crippen LogP contribution in [0.1, 0.15) is 12.5 Å². The Balaban J connectivity index is 1.88. The van der Waals surface area contributed by atoms with E-state index in [0.717, 1.165) is 41.9 Å². The summed E-state index contributed by atoms with van der Waals surface area (Å²) in [7, 11) is 0. The second-order valence-electron chi connectivity index (χ2n) is 6.13. The molecule has 0 radical (unpaired) electrons. The largest absolute Gasteiger partial charge is 0.354 e. The number of benzene rings is 1. The first-order chi connectivity index (χ1) is 11.4. The Morgan fingerprint density at radius 3 is 2.46 bits per heavy atom. The molecule has 3 rings (SSSR count). The van der Waals surface area contributed by atoms with Gasteiger partial charge in [-0.05, 0) is 60.2 Å². The lowest BCUT2D eigenvalue weighted by Gasteiger charge is -2.33. The standard InChI is InChI=1S/C17H19ClIN3O2/c1-3-20-6-8-21(9-7-20)15-14(18)16(23)22(17(15)24)13-5-4-12(19)10-11(13)2/h4-5,10H,3,6-9H2,1-2H3/p+1. The molecule has 0 bridgehead atoms. The number of piperazine rings is 1. The van der Waals surface area contributed by atoms with Crippen molar-refractivity contribution in [1.82, 2.24) is 4.90 Å². The van der Waals surface area contributed by atoms with Crippen LogP contribution in [-0.2, 0) is 9.59 Å². The van der Waals surface area contributed by atoms with Crippen LogP contribution < -0.4 is 9.80 Å². The van der Waals surface area contributed by atoms with Crippen LogP contribution in [0, 0.1) is 10.5 Å². The third-order valence-corrected chi connectivity index (χ3v) is 5.70. The van der Waals surface area contributed by atoms with Gasteiger partial charge >= 0.3 is 0 Å². The van der Waals surface area contributed by atoms with Crippen LogP contribution in [0.25, 0.3) is 0 Å². The van der Waals surface area contributed by atoms with Gasteiger partial charge in [0.15, 0.2) is 0 Å². The van der Waals surface area contributed by atoms with Gasteiger partial charge in [-0.1, -0.05) is 11.6 Å². The number of halogens is 2. The summed E-state index contributed by atoms with van der Waals surface area (Å²) >= 11 is 8.48. The van der Waals surface area contributed by atoms with E-state index in [4.69, 9.17) is 11.6 Å². The van der Waals surface area contributed by atoms with Crippen LogP contribution in [0.3, 0.4) is 0 Å². The number of amides is 2. The number of carbonyl (C=O) groups excluding carboxylic acids is 2. The zero-order valence-corrected chi connectivity index (χ0v) is 16.6. The number of nitrogens with one attached hydrogen (secondary N) is 1. The number of quaternary nitrogens is 1. The first kappa shape index (κ1) is 17.7. The monoisotopic (exact) mass is 460 g/mol. The van der Waals surface area contributed by atoms with Gasteiger partial charge in [0.2, 0.25) is 0 Å². The van der Waals surface area contributed by atoms with Gasteiger partial charge in [0.05, 0.1) is 38.4 Å². The predicted octanol–water partition coefficient (Wildman–Crippen LogP) is 1.14. The minimum atomic E-state index is -0.425. The molecule has 7 heteroatoms. The van der Waals surface area contributed by atoms with Crippen LogP contribution in [0.4, 0.5) is 5.69 Å². The molecule has 24 heavy (non-hydrogen) atoms. The third kappa shape index (κ3) is 3.07. The zero-order valence-electron chi connectivity index (χ0n) is 13.7. The normalized spacial score (nSPS) is 19.7. The third-order valence-electron chi connectivity index (χ3n) is 4.69. The fourth-order valence-electron chi connectivity index (χ4n) is 3.25. The maximum Gasteiger partial charge on any atom is 0.283 e. The minimum Gasteiger partial charge on any atom is -0.354 e. The number of nitrogens with zero attached hydrogens (tertiary/aromatic N) is 2. The van der Waals surface area contributed by atoms with Gasteiger partial charge in [-0.25, -0.2) is 4.90 Å². The van der Waals surface area contributed by atoms with Crippen molar-refractivity contribution >= 4 is 51.7 Å². The zero-order chi connectivity index (χ0) is 17.4. The number of likely N-dealkylation sites (N-methyl/N-ethyl adjacent to an activating group) is 1. The van der Waals surface area contributed by atoms with Crippen LogP contribution in [-0.4, -0.2) is 49.4 Å². The smallest absolute Gasteiger partial charge is 0.283 e. The summed E-state index contributed by atoms with van der Waals surface area (Å²) in [5.41, 5.74) is 1.85. The quantitative estimate of drug-likeness (QED) is 0.544. The molecule has 0 saturated carbocycles. The van der Waals surface area contributed by atoms with Crippen molar-refractivity contribution in [3.63, 3.8) is 0 Å². The molecule has 1 fully saturated rings. The molecule has 2 aliphatic rings. The highest BCUT2D eigenvalue weighted by Gasteiger charge is 2.42. The molecule has 0 atom stereocenters. The molecular formula is C17H20ClIN3O2+. The summed E-state index contributed by atoms with van der Waals surface area (Å²) in [5, 5.41) is 0.0397. The van der Waals surface area contributed by atoms with Crippen molar-refractivity contribution < 1.29 is 14.5 Å². The number of hydrogen-bond donors (Lipinski definition) is 1. The lowest BCUT2D eigenvalue weighted by molar-refractivity contribution is -0.902. The summed E-state index contributed by atoms with van der Waals surface area (Å²) in [6.45, 7) is 8.51. The average Bonchev–Trinajstić information content (AvgIpc) is 2.78. The summed E-state index contributed by atoms with van der Waals surface area (Å²) in [6.07, 6.45) is 0. The van der Waals surface area contributed by atoms with Crippen LogP contribution >= 0.6 is 34.2 Å². The maximum atomic E-state index is 12.9. The fourth-order valence-corrected chi connectivity index (χ4v) is 4.19. The molecule has 0 aliphatic carbocycles. The van der Waals surface area contributed by atoms with E-state index in [0.29, 0.717) is 11.4 Å². The van der Waals surface area contributed by atoms with E-state index in [1.165, 1.54) is 9.80 Å². The Morgan fingerprint density at radius 2 is 1.88 bits per heavy atom. The van der Waals surface area contributed by atoms with E-state index < -0.39 is 5.91 Å². The number of aryl methyl sites for hydroxylation is 1. The number of rotatable bonds is 3. The topological polar surface area (TPSA) is 45.1 Å². The van der Waals surface area contributed by atoms with E-state index in [2.05, 4.69) is 29.5 Å². The van der Waals surface area contributed by atoms with Crippen LogP contribution in [0.5, 0.6) is 0 Å². The number of imide groups is 1. The molecule has 0 unspecified atom stereocenters. The van der Waals surface area contributed by atoms with Crippen molar-refractivity contribution in [3.8, 4) is 0 Å². The predicted molar refractivity (Wildman–Crippen MR) is 102 cm³/mol. The Morgan fingerprint density at radius 1 is 1.21 bits per heavy atom. The van der Waals surface area contributed by atoms with Gasteiger partial charge in [0.25, 0.3) is 11.8 Å². The van der Waals surface area contributed by atoms with Crippen molar-refractivity contribution in [3.05, 3.63) is 38.1 Å². The van der Waals surface area contributed by atoms with E-state index in [1.807, 2.05) is 24.0 Å². The Kier molecular flexibility index (Phi) is 5.17. The van der Waals surface area contributed by atoms with Gasteiger partial charge in [0, 0.05) is 3.57 Å². The van der Waals surface area contributed by atoms with Crippen molar-refractivity contribution in [2.45, 2.75) is 13.8 Å².